The van der Waals surface area contributed by atoms with Gasteiger partial charge in [0.15, 0.2) is 0 Å². The largest absolute Gasteiger partial charge is 0.384 e. The zero-order chi connectivity index (χ0) is 14.1. The zero-order valence-electron chi connectivity index (χ0n) is 13.2. The van der Waals surface area contributed by atoms with E-state index in [1.165, 1.54) is 11.3 Å². The number of amides is 1. The van der Waals surface area contributed by atoms with Crippen molar-refractivity contribution in [1.29, 1.82) is 0 Å². The minimum atomic E-state index is 0. The lowest BCUT2D eigenvalue weighted by Crippen LogP contribution is -2.50. The van der Waals surface area contributed by atoms with Gasteiger partial charge >= 0.3 is 0 Å². The number of fused-ring (bicyclic) bond motifs is 1. The third-order valence-corrected chi connectivity index (χ3v) is 4.39. The second-order valence-electron chi connectivity index (χ2n) is 5.97. The van der Waals surface area contributed by atoms with E-state index in [0.717, 1.165) is 44.7 Å². The Morgan fingerprint density at radius 2 is 1.82 bits per heavy atom. The molecule has 0 radical (unpaired) electrons. The number of nitrogens with one attached hydrogen (secondary N) is 1. The fourth-order valence-electron chi connectivity index (χ4n) is 3.06. The summed E-state index contributed by atoms with van der Waals surface area (Å²) < 4.78 is 0. The van der Waals surface area contributed by atoms with Gasteiger partial charge in [0.25, 0.3) is 5.91 Å². The standard InChI is InChI=1S/C16H23N3O.2ClH/c1-12(2)18-7-9-19(10-8-18)16(20)14-3-4-15-13(11-14)5-6-17-15;;/h3-4,11-12,17H,5-10H2,1-2H3;2*1H. The molecule has 4 nitrogen and oxygen atoms in total. The Hall–Kier alpha value is -0.970. The maximum Gasteiger partial charge on any atom is 0.253 e. The molecule has 1 aromatic rings. The van der Waals surface area contributed by atoms with Gasteiger partial charge in [-0.25, -0.2) is 0 Å². The van der Waals surface area contributed by atoms with Crippen LogP contribution in [0.25, 0.3) is 0 Å². The van der Waals surface area contributed by atoms with Crippen molar-refractivity contribution in [3.63, 3.8) is 0 Å². The van der Waals surface area contributed by atoms with Gasteiger partial charge in [0.1, 0.15) is 0 Å². The quantitative estimate of drug-likeness (QED) is 0.894. The van der Waals surface area contributed by atoms with E-state index in [2.05, 4.69) is 30.1 Å². The zero-order valence-corrected chi connectivity index (χ0v) is 14.8. The van der Waals surface area contributed by atoms with Crippen LogP contribution < -0.4 is 5.32 Å². The number of hydrogen-bond acceptors (Lipinski definition) is 3. The molecule has 1 saturated heterocycles. The van der Waals surface area contributed by atoms with Crippen molar-refractivity contribution >= 4 is 36.4 Å². The molecular weight excluding hydrogens is 321 g/mol. The Bertz CT molecular complexity index is 514. The van der Waals surface area contributed by atoms with E-state index in [1.807, 2.05) is 17.0 Å². The maximum atomic E-state index is 12.6. The van der Waals surface area contributed by atoms with Gasteiger partial charge in [-0.15, -0.1) is 24.8 Å². The van der Waals surface area contributed by atoms with Crippen LogP contribution in [0.2, 0.25) is 0 Å². The molecule has 2 heterocycles. The summed E-state index contributed by atoms with van der Waals surface area (Å²) in [6.07, 6.45) is 1.03. The molecule has 6 heteroatoms. The Labute approximate surface area is 145 Å². The summed E-state index contributed by atoms with van der Waals surface area (Å²) >= 11 is 0. The summed E-state index contributed by atoms with van der Waals surface area (Å²) in [5.41, 5.74) is 3.30. The molecule has 0 bridgehead atoms. The summed E-state index contributed by atoms with van der Waals surface area (Å²) in [5.74, 6) is 0.183. The highest BCUT2D eigenvalue weighted by Gasteiger charge is 2.24. The first kappa shape index (κ1) is 19.1. The molecule has 2 aliphatic heterocycles. The van der Waals surface area contributed by atoms with Crippen LogP contribution in [0.5, 0.6) is 0 Å². The summed E-state index contributed by atoms with van der Waals surface area (Å²) in [5, 5.41) is 3.33. The van der Waals surface area contributed by atoms with Gasteiger partial charge < -0.3 is 10.2 Å². The predicted molar refractivity (Wildman–Crippen MR) is 95.7 cm³/mol. The predicted octanol–water partition coefficient (Wildman–Crippen LogP) is 2.66. The van der Waals surface area contributed by atoms with Crippen LogP contribution in [0.3, 0.4) is 0 Å². The average Bonchev–Trinajstić information content (AvgIpc) is 2.94. The van der Waals surface area contributed by atoms with Gasteiger partial charge in [0.2, 0.25) is 0 Å². The van der Waals surface area contributed by atoms with E-state index in [4.69, 9.17) is 0 Å². The number of anilines is 1. The number of hydrogen-bond donors (Lipinski definition) is 1. The van der Waals surface area contributed by atoms with E-state index in [1.54, 1.807) is 0 Å². The van der Waals surface area contributed by atoms with Crippen LogP contribution in [-0.2, 0) is 6.42 Å². The van der Waals surface area contributed by atoms with Gasteiger partial charge in [-0.2, -0.15) is 0 Å². The molecule has 0 aromatic heterocycles. The SMILES string of the molecule is CC(C)N1CCN(C(=O)c2ccc3c(c2)CCN3)CC1.Cl.Cl. The van der Waals surface area contributed by atoms with Gasteiger partial charge in [0.05, 0.1) is 0 Å². The van der Waals surface area contributed by atoms with Crippen molar-refractivity contribution < 1.29 is 4.79 Å². The summed E-state index contributed by atoms with van der Waals surface area (Å²) in [6.45, 7) is 9.06. The number of benzene rings is 1. The van der Waals surface area contributed by atoms with E-state index in [-0.39, 0.29) is 30.7 Å². The Kier molecular flexibility index (Phi) is 6.98. The van der Waals surface area contributed by atoms with Crippen molar-refractivity contribution in [2.75, 3.05) is 38.0 Å². The third-order valence-electron chi connectivity index (χ3n) is 4.39. The van der Waals surface area contributed by atoms with Crippen LogP contribution in [0.15, 0.2) is 18.2 Å². The second-order valence-corrected chi connectivity index (χ2v) is 5.97. The van der Waals surface area contributed by atoms with E-state index < -0.39 is 0 Å². The molecule has 124 valence electrons. The maximum absolute atomic E-state index is 12.6. The van der Waals surface area contributed by atoms with Crippen LogP contribution >= 0.6 is 24.8 Å². The Morgan fingerprint density at radius 1 is 1.14 bits per heavy atom. The lowest BCUT2D eigenvalue weighted by atomic mass is 10.1. The minimum Gasteiger partial charge on any atom is -0.384 e. The minimum absolute atomic E-state index is 0. The molecule has 1 aromatic carbocycles. The number of carbonyl (C=O) groups excluding carboxylic acids is 1. The number of nitrogens with zero attached hydrogens (tertiary/aromatic N) is 2. The molecule has 0 unspecified atom stereocenters. The molecule has 0 saturated carbocycles. The fourth-order valence-corrected chi connectivity index (χ4v) is 3.06. The second kappa shape index (κ2) is 8.04. The summed E-state index contributed by atoms with van der Waals surface area (Å²) in [7, 11) is 0. The highest BCUT2D eigenvalue weighted by Crippen LogP contribution is 2.23. The smallest absolute Gasteiger partial charge is 0.253 e. The van der Waals surface area contributed by atoms with E-state index in [0.29, 0.717) is 6.04 Å². The fraction of sp³-hybridized carbons (Fsp3) is 0.562. The van der Waals surface area contributed by atoms with E-state index in [9.17, 15) is 4.79 Å². The molecule has 3 rings (SSSR count). The van der Waals surface area contributed by atoms with Gasteiger partial charge in [-0.05, 0) is 44.0 Å². The van der Waals surface area contributed by atoms with Crippen LogP contribution in [0.1, 0.15) is 29.8 Å². The Balaban J connectivity index is 0.00000121. The number of rotatable bonds is 2. The summed E-state index contributed by atoms with van der Waals surface area (Å²) in [4.78, 5) is 17.0. The Morgan fingerprint density at radius 3 is 2.45 bits per heavy atom. The monoisotopic (exact) mass is 345 g/mol. The first-order valence-corrected chi connectivity index (χ1v) is 7.55. The van der Waals surface area contributed by atoms with Gasteiger partial charge in [0, 0.05) is 50.0 Å². The van der Waals surface area contributed by atoms with Crippen molar-refractivity contribution in [2.45, 2.75) is 26.3 Å². The van der Waals surface area contributed by atoms with Crippen molar-refractivity contribution in [3.8, 4) is 0 Å². The van der Waals surface area contributed by atoms with Gasteiger partial charge in [-0.1, -0.05) is 0 Å². The molecule has 2 aliphatic rings. The van der Waals surface area contributed by atoms with E-state index >= 15 is 0 Å². The van der Waals surface area contributed by atoms with Crippen LogP contribution in [-0.4, -0.2) is 54.5 Å². The summed E-state index contributed by atoms with van der Waals surface area (Å²) in [6, 6.07) is 6.62. The van der Waals surface area contributed by atoms with Crippen LogP contribution in [0.4, 0.5) is 5.69 Å². The molecule has 0 atom stereocenters. The third kappa shape index (κ3) is 3.86. The average molecular weight is 346 g/mol. The van der Waals surface area contributed by atoms with Gasteiger partial charge in [-0.3, -0.25) is 9.69 Å². The lowest BCUT2D eigenvalue weighted by molar-refractivity contribution is 0.0595. The first-order chi connectivity index (χ1) is 9.65. The van der Waals surface area contributed by atoms with Crippen molar-refractivity contribution in [3.05, 3.63) is 29.3 Å². The molecular formula is C16H25Cl2N3O. The molecule has 22 heavy (non-hydrogen) atoms. The van der Waals surface area contributed by atoms with Crippen molar-refractivity contribution in [2.24, 2.45) is 0 Å². The highest BCUT2D eigenvalue weighted by molar-refractivity contribution is 5.95. The first-order valence-electron chi connectivity index (χ1n) is 7.55. The number of halogens is 2. The number of carbonyl (C=O) groups is 1. The number of piperazine rings is 1. The van der Waals surface area contributed by atoms with Crippen LogP contribution in [0, 0.1) is 0 Å². The topological polar surface area (TPSA) is 35.6 Å². The molecule has 1 fully saturated rings. The normalized spacial score (nSPS) is 17.3. The molecule has 0 spiro atoms. The molecule has 1 N–H and O–H groups in total. The highest BCUT2D eigenvalue weighted by atomic mass is 35.5. The molecule has 0 aliphatic carbocycles. The lowest BCUT2D eigenvalue weighted by Gasteiger charge is -2.37. The molecule has 1 amide bonds. The van der Waals surface area contributed by atoms with Crippen molar-refractivity contribution in [1.82, 2.24) is 9.80 Å².